The van der Waals surface area contributed by atoms with Gasteiger partial charge in [-0.15, -0.1) is 0 Å². The van der Waals surface area contributed by atoms with Crippen molar-refractivity contribution in [2.75, 3.05) is 107 Å². The molecule has 4 rings (SSSR count). The Bertz CT molecular complexity index is 1360. The first-order valence-corrected chi connectivity index (χ1v) is 19.3. The molecule has 18 heteroatoms. The number of carbonyl (C=O) groups is 2. The molecule has 1 aromatic heterocycles. The number of ether oxygens (including phenoxy) is 8. The van der Waals surface area contributed by atoms with Crippen LogP contribution < -0.4 is 10.6 Å². The highest BCUT2D eigenvalue weighted by molar-refractivity contribution is 7.80. The van der Waals surface area contributed by atoms with Gasteiger partial charge in [0.25, 0.3) is 10.3 Å². The van der Waals surface area contributed by atoms with Crippen molar-refractivity contribution >= 4 is 46.7 Å². The van der Waals surface area contributed by atoms with Crippen LogP contribution in [0.4, 0.5) is 0 Å². The highest BCUT2D eigenvalue weighted by atomic mass is 32.1. The van der Waals surface area contributed by atoms with Crippen LogP contribution in [-0.2, 0) is 60.6 Å². The van der Waals surface area contributed by atoms with Crippen LogP contribution in [0.1, 0.15) is 38.1 Å². The number of pyridine rings is 1. The van der Waals surface area contributed by atoms with E-state index in [1.54, 1.807) is 14.2 Å². The predicted molar refractivity (Wildman–Crippen MR) is 207 cm³/mol. The first-order chi connectivity index (χ1) is 26.0. The van der Waals surface area contributed by atoms with E-state index in [1.807, 2.05) is 39.1 Å². The van der Waals surface area contributed by atoms with Crippen molar-refractivity contribution in [2.24, 2.45) is 0 Å². The number of hydrogen-bond acceptors (Lipinski definition) is 16. The second kappa shape index (κ2) is 22.7. The van der Waals surface area contributed by atoms with Gasteiger partial charge in [-0.2, -0.15) is 0 Å². The molecule has 6 unspecified atom stereocenters. The number of thiocarbonyl (C=S) groups is 2. The van der Waals surface area contributed by atoms with Gasteiger partial charge in [0.2, 0.25) is 0 Å². The van der Waals surface area contributed by atoms with Crippen LogP contribution in [0.3, 0.4) is 0 Å². The monoisotopic (exact) mass is 798 g/mol. The van der Waals surface area contributed by atoms with Gasteiger partial charge in [-0.1, -0.05) is 6.07 Å². The van der Waals surface area contributed by atoms with Crippen LogP contribution in [0.25, 0.3) is 0 Å². The Hall–Kier alpha value is -2.81. The van der Waals surface area contributed by atoms with Crippen LogP contribution in [0.2, 0.25) is 0 Å². The number of nitrogens with one attached hydrogen (secondary N) is 2. The molecule has 4 heterocycles. The lowest BCUT2D eigenvalue weighted by molar-refractivity contribution is -0.171. The summed E-state index contributed by atoms with van der Waals surface area (Å²) in [5.41, 5.74) is 1.27. The predicted octanol–water partition coefficient (Wildman–Crippen LogP) is 0.886. The Morgan fingerprint density at radius 2 is 1.30 bits per heavy atom. The Morgan fingerprint density at radius 1 is 0.796 bits per heavy atom. The van der Waals surface area contributed by atoms with Crippen molar-refractivity contribution in [1.29, 1.82) is 0 Å². The Balaban J connectivity index is 1.34. The number of nitrogens with zero attached hydrogens (tertiary/aromatic N) is 4. The number of carbonyl (C=O) groups excluding carboxylic acids is 2. The minimum absolute atomic E-state index is 0.245. The summed E-state index contributed by atoms with van der Waals surface area (Å²) < 4.78 is 44.4. The van der Waals surface area contributed by atoms with Gasteiger partial charge < -0.3 is 48.5 Å². The van der Waals surface area contributed by atoms with E-state index >= 15 is 0 Å². The highest BCUT2D eigenvalue weighted by Crippen LogP contribution is 2.23. The number of fused-ring (bicyclic) bond motifs is 6. The third kappa shape index (κ3) is 15.0. The number of likely N-dealkylation sites (N-methyl/N-ethyl adjacent to an activating group) is 1. The van der Waals surface area contributed by atoms with Crippen LogP contribution in [0.5, 0.6) is 0 Å². The standard InChI is InChI=1S/C36H58N6O10S2/c1-36(2,46-5)25-48-16-18-50-35(54)38-12-10-31-33(44)52-29-22-40(3)21-28-23-41(19-26-7-6-8-27(39-26)20-42(31)24-29)30(32(43)51-28)9-11-37-34(53)49-17-15-47-14-13-45-4/h6-8,28-31H,9-25H2,1-5H3,(H,37,53)(H,38,54). The van der Waals surface area contributed by atoms with E-state index < -0.39 is 12.1 Å². The van der Waals surface area contributed by atoms with Gasteiger partial charge in [0.15, 0.2) is 0 Å². The fourth-order valence-electron chi connectivity index (χ4n) is 6.40. The Morgan fingerprint density at radius 3 is 1.80 bits per heavy atom. The topological polar surface area (TPSA) is 155 Å². The maximum atomic E-state index is 13.5. The molecule has 0 spiro atoms. The number of esters is 2. The summed E-state index contributed by atoms with van der Waals surface area (Å²) in [5, 5.41) is 6.69. The quantitative estimate of drug-likeness (QED) is 0.123. The largest absolute Gasteiger partial charge is 0.469 e. The average molecular weight is 799 g/mol. The molecule has 1 aromatic rings. The molecular weight excluding hydrogens is 741 g/mol. The van der Waals surface area contributed by atoms with Gasteiger partial charge in [0.1, 0.15) is 37.5 Å². The molecule has 3 aliphatic heterocycles. The number of rotatable bonds is 18. The summed E-state index contributed by atoms with van der Waals surface area (Å²) in [4.78, 5) is 38.2. The maximum absolute atomic E-state index is 13.5. The van der Waals surface area contributed by atoms with Crippen LogP contribution in [0.15, 0.2) is 18.2 Å². The highest BCUT2D eigenvalue weighted by Gasteiger charge is 2.40. The first-order valence-electron chi connectivity index (χ1n) is 18.5. The van der Waals surface area contributed by atoms with Crippen LogP contribution >= 0.6 is 24.4 Å². The maximum Gasteiger partial charge on any atom is 0.323 e. The summed E-state index contributed by atoms with van der Waals surface area (Å²) in [6, 6.07) is 4.89. The van der Waals surface area contributed by atoms with E-state index in [4.69, 9.17) is 67.3 Å². The van der Waals surface area contributed by atoms with Gasteiger partial charge in [0, 0.05) is 66.6 Å². The summed E-state index contributed by atoms with van der Waals surface area (Å²) in [5.74, 6) is -0.586. The summed E-state index contributed by atoms with van der Waals surface area (Å²) in [6.07, 6.45) is 0.180. The fourth-order valence-corrected chi connectivity index (χ4v) is 6.77. The zero-order chi connectivity index (χ0) is 38.9. The van der Waals surface area contributed by atoms with Crippen LogP contribution in [0, 0.1) is 0 Å². The molecule has 304 valence electrons. The SMILES string of the molecule is COCCOCCOC(=S)NCCC1C(=O)OC2CN(C)CC3CN(Cc4cccc(n4)CN1C2)C(CCNC(=S)OCCOCC(C)(C)OC)C(=O)O3. The Kier molecular flexibility index (Phi) is 18.4. The minimum Gasteiger partial charge on any atom is -0.469 e. The molecule has 16 nitrogen and oxygen atoms in total. The third-order valence-electron chi connectivity index (χ3n) is 9.22. The second-order valence-corrected chi connectivity index (χ2v) is 14.9. The van der Waals surface area contributed by atoms with E-state index in [9.17, 15) is 9.59 Å². The summed E-state index contributed by atoms with van der Waals surface area (Å²) in [6.45, 7) is 10.5. The number of aromatic nitrogens is 1. The first kappa shape index (κ1) is 43.9. The zero-order valence-electron chi connectivity index (χ0n) is 32.3. The van der Waals surface area contributed by atoms with Gasteiger partial charge in [0.05, 0.1) is 50.0 Å². The zero-order valence-corrected chi connectivity index (χ0v) is 33.9. The lowest BCUT2D eigenvalue weighted by atomic mass is 10.1. The Labute approximate surface area is 329 Å². The fraction of sp³-hybridized carbons (Fsp3) is 0.750. The van der Waals surface area contributed by atoms with Crippen molar-refractivity contribution in [3.63, 3.8) is 0 Å². The molecule has 2 N–H and O–H groups in total. The molecule has 3 aliphatic rings. The molecule has 0 radical (unpaired) electrons. The minimum atomic E-state index is -0.501. The number of hydrogen-bond donors (Lipinski definition) is 2. The normalized spacial score (nSPS) is 24.8. The number of methoxy groups -OCH3 is 2. The molecule has 0 amide bonds. The summed E-state index contributed by atoms with van der Waals surface area (Å²) in [7, 11) is 5.21. The van der Waals surface area contributed by atoms with Gasteiger partial charge in [-0.3, -0.25) is 29.3 Å². The number of morpholine rings is 2. The molecule has 2 saturated heterocycles. The van der Waals surface area contributed by atoms with Crippen molar-refractivity contribution in [1.82, 2.24) is 30.3 Å². The molecule has 0 aromatic carbocycles. The smallest absolute Gasteiger partial charge is 0.323 e. The van der Waals surface area contributed by atoms with E-state index in [0.717, 1.165) is 11.4 Å². The van der Waals surface area contributed by atoms with Gasteiger partial charge >= 0.3 is 11.9 Å². The van der Waals surface area contributed by atoms with Gasteiger partial charge in [-0.25, -0.2) is 0 Å². The van der Waals surface area contributed by atoms with Crippen molar-refractivity contribution in [3.05, 3.63) is 29.6 Å². The van der Waals surface area contributed by atoms with Crippen molar-refractivity contribution in [2.45, 2.75) is 69.7 Å². The molecular formula is C36H58N6O10S2. The van der Waals surface area contributed by atoms with Gasteiger partial charge in [-0.05, 0) is 70.3 Å². The van der Waals surface area contributed by atoms with E-state index in [0.29, 0.717) is 111 Å². The van der Waals surface area contributed by atoms with Crippen LogP contribution in [-0.4, -0.2) is 179 Å². The van der Waals surface area contributed by atoms with E-state index in [2.05, 4.69) is 25.3 Å². The average Bonchev–Trinajstić information content (AvgIpc) is 3.11. The molecule has 2 fully saturated rings. The lowest BCUT2D eigenvalue weighted by Crippen LogP contribution is -2.58. The van der Waals surface area contributed by atoms with Crippen molar-refractivity contribution < 1.29 is 47.5 Å². The molecule has 6 atom stereocenters. The lowest BCUT2D eigenvalue weighted by Gasteiger charge is -2.42. The third-order valence-corrected chi connectivity index (χ3v) is 9.75. The van der Waals surface area contributed by atoms with E-state index in [1.165, 1.54) is 0 Å². The molecule has 0 aliphatic carbocycles. The molecule has 0 saturated carbocycles. The summed E-state index contributed by atoms with van der Waals surface area (Å²) >= 11 is 10.7. The second-order valence-electron chi connectivity index (χ2n) is 14.2. The molecule has 6 bridgehead atoms. The van der Waals surface area contributed by atoms with E-state index in [-0.39, 0.29) is 40.1 Å². The van der Waals surface area contributed by atoms with Crippen molar-refractivity contribution in [3.8, 4) is 0 Å². The molecule has 54 heavy (non-hydrogen) atoms.